The number of piperazine rings is 1. The van der Waals surface area contributed by atoms with Crippen LogP contribution in [-0.4, -0.2) is 59.5 Å². The highest BCUT2D eigenvalue weighted by molar-refractivity contribution is 5.99. The van der Waals surface area contributed by atoms with Gasteiger partial charge in [0.15, 0.2) is 0 Å². The Morgan fingerprint density at radius 1 is 1.00 bits per heavy atom. The first-order valence-electron chi connectivity index (χ1n) is 9.29. The number of aromatic nitrogens is 2. The highest BCUT2D eigenvalue weighted by Gasteiger charge is 2.37. The molecule has 26 heavy (non-hydrogen) atoms. The zero-order valence-electron chi connectivity index (χ0n) is 15.4. The Morgan fingerprint density at radius 3 is 2.46 bits per heavy atom. The molecule has 2 saturated heterocycles. The van der Waals surface area contributed by atoms with Gasteiger partial charge in [-0.05, 0) is 32.4 Å². The van der Waals surface area contributed by atoms with Gasteiger partial charge in [0, 0.05) is 44.6 Å². The van der Waals surface area contributed by atoms with Crippen molar-refractivity contribution in [3.8, 4) is 0 Å². The first-order valence-corrected chi connectivity index (χ1v) is 9.29. The summed E-state index contributed by atoms with van der Waals surface area (Å²) in [7, 11) is 0. The predicted molar refractivity (Wildman–Crippen MR) is 102 cm³/mol. The van der Waals surface area contributed by atoms with E-state index in [4.69, 9.17) is 0 Å². The molecule has 1 atom stereocenters. The summed E-state index contributed by atoms with van der Waals surface area (Å²) in [4.78, 5) is 28.5. The summed E-state index contributed by atoms with van der Waals surface area (Å²) in [6, 6.07) is 9.98. The van der Waals surface area contributed by atoms with E-state index in [-0.39, 0.29) is 11.9 Å². The molecule has 0 radical (unpaired) electrons. The van der Waals surface area contributed by atoms with Gasteiger partial charge < -0.3 is 9.80 Å². The molecule has 0 aliphatic carbocycles. The molecular formula is C20H25N5O. The molecule has 1 unspecified atom stereocenters. The maximum atomic E-state index is 12.9. The summed E-state index contributed by atoms with van der Waals surface area (Å²) < 4.78 is 0. The fourth-order valence-corrected chi connectivity index (χ4v) is 3.94. The van der Waals surface area contributed by atoms with Gasteiger partial charge in [0.2, 0.25) is 5.91 Å². The van der Waals surface area contributed by atoms with Crippen molar-refractivity contribution in [3.63, 3.8) is 0 Å². The van der Waals surface area contributed by atoms with Crippen molar-refractivity contribution < 1.29 is 4.79 Å². The van der Waals surface area contributed by atoms with Crippen LogP contribution in [0.25, 0.3) is 0 Å². The molecule has 2 fully saturated rings. The van der Waals surface area contributed by atoms with Crippen LogP contribution in [-0.2, 0) is 4.79 Å². The second kappa shape index (κ2) is 7.03. The van der Waals surface area contributed by atoms with Crippen LogP contribution in [0.15, 0.2) is 36.5 Å². The first-order chi connectivity index (χ1) is 12.6. The molecular weight excluding hydrogens is 326 g/mol. The van der Waals surface area contributed by atoms with Crippen LogP contribution in [0.4, 0.5) is 11.5 Å². The average Bonchev–Trinajstić information content (AvgIpc) is 3.06. The van der Waals surface area contributed by atoms with Gasteiger partial charge >= 0.3 is 0 Å². The van der Waals surface area contributed by atoms with Crippen LogP contribution in [0.2, 0.25) is 0 Å². The first kappa shape index (κ1) is 17.0. The van der Waals surface area contributed by atoms with E-state index in [0.29, 0.717) is 0 Å². The van der Waals surface area contributed by atoms with Crippen molar-refractivity contribution in [1.82, 2.24) is 14.9 Å². The number of hydrogen-bond donors (Lipinski definition) is 0. The Labute approximate surface area is 154 Å². The lowest BCUT2D eigenvalue weighted by Gasteiger charge is -2.38. The summed E-state index contributed by atoms with van der Waals surface area (Å²) in [5.41, 5.74) is 2.91. The lowest BCUT2D eigenvalue weighted by Crippen LogP contribution is -2.53. The third kappa shape index (κ3) is 3.17. The van der Waals surface area contributed by atoms with Crippen LogP contribution in [0, 0.1) is 13.8 Å². The fraction of sp³-hybridized carbons (Fsp3) is 0.450. The maximum Gasteiger partial charge on any atom is 0.244 e. The summed E-state index contributed by atoms with van der Waals surface area (Å²) >= 11 is 0. The van der Waals surface area contributed by atoms with Crippen molar-refractivity contribution >= 4 is 17.4 Å². The van der Waals surface area contributed by atoms with Crippen molar-refractivity contribution in [2.75, 3.05) is 42.5 Å². The van der Waals surface area contributed by atoms with Crippen LogP contribution in [0.1, 0.15) is 17.8 Å². The number of carbonyl (C=O) groups excluding carboxylic acids is 1. The minimum absolute atomic E-state index is 0.00190. The molecule has 0 spiro atoms. The van der Waals surface area contributed by atoms with E-state index in [9.17, 15) is 4.79 Å². The Bertz CT molecular complexity index is 786. The molecule has 1 amide bonds. The molecule has 6 nitrogen and oxygen atoms in total. The minimum Gasteiger partial charge on any atom is -0.353 e. The molecule has 0 N–H and O–H groups in total. The predicted octanol–water partition coefficient (Wildman–Crippen LogP) is 2.02. The molecule has 0 bridgehead atoms. The number of carbonyl (C=O) groups is 1. The van der Waals surface area contributed by atoms with E-state index < -0.39 is 0 Å². The highest BCUT2D eigenvalue weighted by atomic mass is 16.2. The Morgan fingerprint density at radius 2 is 1.73 bits per heavy atom. The van der Waals surface area contributed by atoms with Gasteiger partial charge in [-0.25, -0.2) is 4.98 Å². The molecule has 3 heterocycles. The third-order valence-electron chi connectivity index (χ3n) is 5.35. The van der Waals surface area contributed by atoms with Crippen molar-refractivity contribution in [1.29, 1.82) is 0 Å². The van der Waals surface area contributed by atoms with E-state index in [2.05, 4.69) is 19.8 Å². The number of para-hydroxylation sites is 1. The number of hydrogen-bond acceptors (Lipinski definition) is 5. The van der Waals surface area contributed by atoms with Crippen LogP contribution < -0.4 is 9.80 Å². The molecule has 0 saturated carbocycles. The Balaban J connectivity index is 1.41. The van der Waals surface area contributed by atoms with Gasteiger partial charge in [-0.3, -0.25) is 14.7 Å². The summed E-state index contributed by atoms with van der Waals surface area (Å²) in [6.07, 6.45) is 2.71. The highest BCUT2D eigenvalue weighted by Crippen LogP contribution is 2.26. The Kier molecular flexibility index (Phi) is 4.59. The van der Waals surface area contributed by atoms with Gasteiger partial charge in [0.25, 0.3) is 0 Å². The number of amides is 1. The van der Waals surface area contributed by atoms with Gasteiger partial charge in [-0.2, -0.15) is 0 Å². The molecule has 2 aliphatic heterocycles. The largest absolute Gasteiger partial charge is 0.353 e. The van der Waals surface area contributed by atoms with Gasteiger partial charge in [-0.1, -0.05) is 18.2 Å². The fourth-order valence-electron chi connectivity index (χ4n) is 3.94. The van der Waals surface area contributed by atoms with E-state index in [1.165, 1.54) is 0 Å². The number of rotatable bonds is 3. The number of benzene rings is 1. The summed E-state index contributed by atoms with van der Waals surface area (Å²) in [6.45, 7) is 8.31. The van der Waals surface area contributed by atoms with E-state index in [1.54, 1.807) is 0 Å². The molecule has 1 aromatic carbocycles. The minimum atomic E-state index is 0.00190. The molecule has 6 heteroatoms. The van der Waals surface area contributed by atoms with Gasteiger partial charge in [0.05, 0.1) is 17.4 Å². The second-order valence-electron chi connectivity index (χ2n) is 7.07. The van der Waals surface area contributed by atoms with Crippen LogP contribution >= 0.6 is 0 Å². The lowest BCUT2D eigenvalue weighted by atomic mass is 10.1. The van der Waals surface area contributed by atoms with E-state index in [0.717, 1.165) is 62.0 Å². The summed E-state index contributed by atoms with van der Waals surface area (Å²) in [5.74, 6) is 1.21. The summed E-state index contributed by atoms with van der Waals surface area (Å²) in [5, 5.41) is 0. The van der Waals surface area contributed by atoms with Crippen molar-refractivity contribution in [2.45, 2.75) is 26.3 Å². The van der Waals surface area contributed by atoms with Gasteiger partial charge in [-0.15, -0.1) is 0 Å². The normalized spacial score (nSPS) is 21.5. The molecule has 4 rings (SSSR count). The number of nitrogens with zero attached hydrogens (tertiary/aromatic N) is 5. The van der Waals surface area contributed by atoms with E-state index >= 15 is 0 Å². The Hall–Kier alpha value is -2.47. The third-order valence-corrected chi connectivity index (χ3v) is 5.35. The van der Waals surface area contributed by atoms with Crippen LogP contribution in [0.5, 0.6) is 0 Å². The van der Waals surface area contributed by atoms with E-state index in [1.807, 2.05) is 55.3 Å². The number of anilines is 2. The molecule has 1 aromatic heterocycles. The zero-order valence-corrected chi connectivity index (χ0v) is 15.4. The second-order valence-corrected chi connectivity index (χ2v) is 7.07. The molecule has 136 valence electrons. The smallest absolute Gasteiger partial charge is 0.244 e. The maximum absolute atomic E-state index is 12.9. The van der Waals surface area contributed by atoms with Crippen LogP contribution in [0.3, 0.4) is 0 Å². The number of aryl methyl sites for hydroxylation is 2. The van der Waals surface area contributed by atoms with Crippen molar-refractivity contribution in [2.24, 2.45) is 0 Å². The van der Waals surface area contributed by atoms with Crippen molar-refractivity contribution in [3.05, 3.63) is 47.9 Å². The zero-order chi connectivity index (χ0) is 18.1. The quantitative estimate of drug-likeness (QED) is 0.847. The lowest BCUT2D eigenvalue weighted by molar-refractivity contribution is -0.121. The van der Waals surface area contributed by atoms with Gasteiger partial charge in [0.1, 0.15) is 5.82 Å². The average molecular weight is 351 g/mol. The monoisotopic (exact) mass is 351 g/mol. The standard InChI is InChI=1S/C20H25N5O/c1-15-14-21-16(2)19(22-15)24-12-10-23(11-13-24)18-8-9-25(20(18)26)17-6-4-3-5-7-17/h3-7,14,18H,8-13H2,1-2H3. The molecule has 2 aliphatic rings. The molecule has 2 aromatic rings. The SMILES string of the molecule is Cc1cnc(C)c(N2CCN(C3CCN(c4ccccc4)C3=O)CC2)n1. The topological polar surface area (TPSA) is 52.6 Å².